The van der Waals surface area contributed by atoms with E-state index in [1.165, 1.54) is 25.7 Å². The van der Waals surface area contributed by atoms with Crippen molar-refractivity contribution < 1.29 is 0 Å². The Hall–Kier alpha value is -3.32. The van der Waals surface area contributed by atoms with Gasteiger partial charge in [0.1, 0.15) is 0 Å². The van der Waals surface area contributed by atoms with Crippen molar-refractivity contribution in [2.75, 3.05) is 27.2 Å². The molecule has 1 aromatic heterocycles. The van der Waals surface area contributed by atoms with E-state index < -0.39 is 0 Å². The van der Waals surface area contributed by atoms with E-state index >= 15 is 0 Å². The molecule has 0 spiro atoms. The molecule has 1 aliphatic heterocycles. The van der Waals surface area contributed by atoms with Gasteiger partial charge < -0.3 is 16.0 Å². The van der Waals surface area contributed by atoms with Gasteiger partial charge in [-0.1, -0.05) is 108 Å². The van der Waals surface area contributed by atoms with Crippen LogP contribution in [0.5, 0.6) is 0 Å². The molecule has 270 valence electrons. The maximum Gasteiger partial charge on any atom is 0.0891 e. The molecule has 3 N–H and O–H groups in total. The van der Waals surface area contributed by atoms with Gasteiger partial charge in [0.25, 0.3) is 0 Å². The Morgan fingerprint density at radius 1 is 1.04 bits per heavy atom. The van der Waals surface area contributed by atoms with E-state index in [1.54, 1.807) is 0 Å². The Bertz CT molecular complexity index is 1650. The first-order valence-corrected chi connectivity index (χ1v) is 19.1. The second kappa shape index (κ2) is 18.8. The summed E-state index contributed by atoms with van der Waals surface area (Å²) in [5.74, 6) is 1.15. The number of aromatic nitrogens is 2. The summed E-state index contributed by atoms with van der Waals surface area (Å²) in [6.45, 7) is 18.6. The van der Waals surface area contributed by atoms with Crippen molar-refractivity contribution in [3.63, 3.8) is 0 Å². The molecule has 7 heteroatoms. The summed E-state index contributed by atoms with van der Waals surface area (Å²) >= 11 is 7.26. The molecule has 2 atom stereocenters. The fourth-order valence-corrected chi connectivity index (χ4v) is 7.42. The predicted molar refractivity (Wildman–Crippen MR) is 216 cm³/mol. The maximum atomic E-state index is 7.26. The molecule has 0 radical (unpaired) electrons. The number of allylic oxidation sites excluding steroid dienone is 2. The molecule has 0 fully saturated rings. The van der Waals surface area contributed by atoms with Crippen molar-refractivity contribution >= 4 is 23.5 Å². The van der Waals surface area contributed by atoms with E-state index in [-0.39, 0.29) is 6.04 Å². The number of nitrogens with one attached hydrogen (secondary N) is 3. The number of rotatable bonds is 16. The van der Waals surface area contributed by atoms with Gasteiger partial charge in [0.2, 0.25) is 0 Å². The third kappa shape index (κ3) is 10.4. The molecule has 6 nitrogen and oxygen atoms in total. The first kappa shape index (κ1) is 39.5. The molecule has 50 heavy (non-hydrogen) atoms. The molecule has 2 heterocycles. The van der Waals surface area contributed by atoms with Gasteiger partial charge in [0.15, 0.2) is 0 Å². The van der Waals surface area contributed by atoms with Crippen LogP contribution in [0.2, 0.25) is 5.02 Å². The number of hydrogen-bond acceptors (Lipinski definition) is 6. The van der Waals surface area contributed by atoms with Crippen LogP contribution in [0.25, 0.3) is 28.1 Å². The Labute approximate surface area is 307 Å². The molecule has 1 aliphatic rings. The molecule has 2 aromatic carbocycles. The molecular formula is C43H61ClN6. The minimum absolute atomic E-state index is 0.243. The van der Waals surface area contributed by atoms with E-state index in [9.17, 15) is 0 Å². The van der Waals surface area contributed by atoms with Gasteiger partial charge in [-0.15, -0.1) is 0 Å². The standard InChI is InChI=1S/C43H61ClN6/c1-10-14-31(24-43(6,7)11-2)25-47-27-41-39(23-29(3)4)50-40(28-49-41)34-16-12-15-33(30(34)5)35-17-13-18-36(42(35)44)38-20-19-32(26-45-8)37(46-9)21-22-48-38/h12-13,15-20,26,28-29,31,37,46-48H,10-11,14,21-25,27H2,1-9H3. The van der Waals surface area contributed by atoms with Crippen LogP contribution in [0.4, 0.5) is 0 Å². The van der Waals surface area contributed by atoms with Crippen LogP contribution >= 0.6 is 11.6 Å². The van der Waals surface area contributed by atoms with Gasteiger partial charge in [0.05, 0.1) is 28.3 Å². The Balaban J connectivity index is 1.64. The quantitative estimate of drug-likeness (QED) is 0.130. The Morgan fingerprint density at radius 2 is 1.76 bits per heavy atom. The Kier molecular flexibility index (Phi) is 14.8. The average molecular weight is 697 g/mol. The SMILES string of the molecule is CCCC(CNCc1ncc(-c2cccc(-c3cccc(C4=CC=C(C=NC)C(NC)CCN4)c3Cl)c2C)nc1CC(C)C)CC(C)(C)CC. The van der Waals surface area contributed by atoms with E-state index in [4.69, 9.17) is 21.6 Å². The molecule has 0 aliphatic carbocycles. The number of nitrogens with zero attached hydrogens (tertiary/aromatic N) is 3. The van der Waals surface area contributed by atoms with Crippen molar-refractivity contribution in [2.45, 2.75) is 99.6 Å². The van der Waals surface area contributed by atoms with Crippen LogP contribution in [0.3, 0.4) is 0 Å². The monoisotopic (exact) mass is 696 g/mol. The zero-order valence-corrected chi connectivity index (χ0v) is 32.8. The highest BCUT2D eigenvalue weighted by Gasteiger charge is 2.22. The summed E-state index contributed by atoms with van der Waals surface area (Å²) in [5.41, 5.74) is 10.9. The molecule has 3 aromatic rings. The first-order valence-electron chi connectivity index (χ1n) is 18.7. The van der Waals surface area contributed by atoms with Gasteiger partial charge in [0, 0.05) is 54.8 Å². The number of halogens is 1. The normalized spacial score (nSPS) is 16.2. The largest absolute Gasteiger partial charge is 0.384 e. The van der Waals surface area contributed by atoms with E-state index in [0.29, 0.717) is 17.3 Å². The van der Waals surface area contributed by atoms with Gasteiger partial charge in [-0.2, -0.15) is 0 Å². The van der Waals surface area contributed by atoms with Crippen molar-refractivity contribution in [3.8, 4) is 22.4 Å². The van der Waals surface area contributed by atoms with Crippen LogP contribution in [0, 0.1) is 24.2 Å². The lowest BCUT2D eigenvalue weighted by atomic mass is 9.79. The second-order valence-corrected chi connectivity index (χ2v) is 15.5. The molecule has 0 amide bonds. The second-order valence-electron chi connectivity index (χ2n) is 15.1. The smallest absolute Gasteiger partial charge is 0.0891 e. The fraction of sp³-hybridized carbons (Fsp3) is 0.512. The first-order chi connectivity index (χ1) is 24.0. The van der Waals surface area contributed by atoms with Gasteiger partial charge in [-0.3, -0.25) is 9.98 Å². The highest BCUT2D eigenvalue weighted by molar-refractivity contribution is 6.35. The Morgan fingerprint density at radius 3 is 2.44 bits per heavy atom. The van der Waals surface area contributed by atoms with Crippen molar-refractivity contribution in [3.05, 3.63) is 87.9 Å². The molecular weight excluding hydrogens is 636 g/mol. The van der Waals surface area contributed by atoms with E-state index in [1.807, 2.05) is 26.5 Å². The topological polar surface area (TPSA) is 74.2 Å². The molecule has 2 unspecified atom stereocenters. The van der Waals surface area contributed by atoms with Crippen molar-refractivity contribution in [1.82, 2.24) is 25.9 Å². The van der Waals surface area contributed by atoms with Crippen LogP contribution in [-0.4, -0.2) is 49.4 Å². The third-order valence-corrected chi connectivity index (χ3v) is 10.6. The predicted octanol–water partition coefficient (Wildman–Crippen LogP) is 9.85. The third-order valence-electron chi connectivity index (χ3n) is 10.2. The summed E-state index contributed by atoms with van der Waals surface area (Å²) in [6.07, 6.45) is 14.9. The molecule has 0 saturated carbocycles. The summed E-state index contributed by atoms with van der Waals surface area (Å²) in [4.78, 5) is 14.6. The summed E-state index contributed by atoms with van der Waals surface area (Å²) in [6, 6.07) is 13.0. The van der Waals surface area contributed by atoms with Gasteiger partial charge >= 0.3 is 0 Å². The molecule has 0 bridgehead atoms. The zero-order chi connectivity index (χ0) is 36.3. The van der Waals surface area contributed by atoms with E-state index in [2.05, 4.69) is 118 Å². The van der Waals surface area contributed by atoms with Gasteiger partial charge in [-0.05, 0) is 86.2 Å². The average Bonchev–Trinajstić information content (AvgIpc) is 3.07. The lowest BCUT2D eigenvalue weighted by Gasteiger charge is -2.29. The fourth-order valence-electron chi connectivity index (χ4n) is 7.09. The van der Waals surface area contributed by atoms with Crippen LogP contribution in [0.15, 0.2) is 65.3 Å². The van der Waals surface area contributed by atoms with Gasteiger partial charge in [-0.25, -0.2) is 4.98 Å². The summed E-state index contributed by atoms with van der Waals surface area (Å²) in [5, 5.41) is 11.5. The number of likely N-dealkylation sites (N-methyl/N-ethyl adjacent to an activating group) is 1. The van der Waals surface area contributed by atoms with Crippen LogP contribution in [0.1, 0.15) is 96.2 Å². The number of benzene rings is 2. The highest BCUT2D eigenvalue weighted by atomic mass is 35.5. The van der Waals surface area contributed by atoms with Crippen molar-refractivity contribution in [2.24, 2.45) is 22.2 Å². The lowest BCUT2D eigenvalue weighted by Crippen LogP contribution is -2.32. The number of hydrogen-bond donors (Lipinski definition) is 3. The zero-order valence-electron chi connectivity index (χ0n) is 32.1. The maximum absolute atomic E-state index is 7.26. The minimum atomic E-state index is 0.243. The minimum Gasteiger partial charge on any atom is -0.384 e. The molecule has 0 saturated heterocycles. The highest BCUT2D eigenvalue weighted by Crippen LogP contribution is 2.38. The summed E-state index contributed by atoms with van der Waals surface area (Å²) < 4.78 is 0. The molecule has 4 rings (SSSR count). The van der Waals surface area contributed by atoms with E-state index in [0.717, 1.165) is 93.7 Å². The van der Waals surface area contributed by atoms with Crippen molar-refractivity contribution in [1.29, 1.82) is 0 Å². The number of aliphatic imine (C=N–C) groups is 1. The summed E-state index contributed by atoms with van der Waals surface area (Å²) in [7, 11) is 3.81. The van der Waals surface area contributed by atoms with Crippen LogP contribution < -0.4 is 16.0 Å². The van der Waals surface area contributed by atoms with Crippen LogP contribution in [-0.2, 0) is 13.0 Å². The lowest BCUT2D eigenvalue weighted by molar-refractivity contribution is 0.241.